The Morgan fingerprint density at radius 2 is 2.10 bits per heavy atom. The molecule has 0 saturated heterocycles. The smallest absolute Gasteiger partial charge is 0.406 e. The van der Waals surface area contributed by atoms with E-state index in [0.717, 1.165) is 30.3 Å². The number of aromatic nitrogens is 2. The maximum absolute atomic E-state index is 12.3. The van der Waals surface area contributed by atoms with E-state index in [1.54, 1.807) is 0 Å². The molecule has 7 heteroatoms. The largest absolute Gasteiger partial charge is 0.457 e. The molecule has 1 aromatic rings. The molecule has 0 radical (unpaired) electrons. The van der Waals surface area contributed by atoms with Crippen molar-refractivity contribution >= 4 is 5.97 Å². The number of carbonyl (C=O) groups excluding carboxylic acids is 1. The Bertz CT molecular complexity index is 451. The number of esters is 1. The molecule has 0 amide bonds. The molecule has 20 heavy (non-hydrogen) atoms. The number of nitrogens with zero attached hydrogens (tertiary/aromatic N) is 2. The maximum atomic E-state index is 12.3. The van der Waals surface area contributed by atoms with Crippen LogP contribution in [0.1, 0.15) is 37.9 Å². The van der Waals surface area contributed by atoms with E-state index in [0.29, 0.717) is 12.3 Å². The minimum absolute atomic E-state index is 0.113. The third-order valence-corrected chi connectivity index (χ3v) is 3.44. The van der Waals surface area contributed by atoms with Gasteiger partial charge in [0.15, 0.2) is 0 Å². The summed E-state index contributed by atoms with van der Waals surface area (Å²) in [5.41, 5.74) is 0. The Kier molecular flexibility index (Phi) is 4.67. The van der Waals surface area contributed by atoms with E-state index >= 15 is 0 Å². The Labute approximate surface area is 114 Å². The summed E-state index contributed by atoms with van der Waals surface area (Å²) in [6.45, 7) is -1.34. The summed E-state index contributed by atoms with van der Waals surface area (Å²) >= 11 is 0. The normalized spacial score (nSPS) is 16.6. The predicted molar refractivity (Wildman–Crippen MR) is 64.7 cm³/mol. The summed E-state index contributed by atoms with van der Waals surface area (Å²) < 4.78 is 42.9. The molecule has 1 saturated carbocycles. The lowest BCUT2D eigenvalue weighted by Gasteiger charge is -2.12. The average molecular weight is 290 g/mol. The van der Waals surface area contributed by atoms with Gasteiger partial charge in [0.2, 0.25) is 0 Å². The first-order valence-corrected chi connectivity index (χ1v) is 6.66. The van der Waals surface area contributed by atoms with Gasteiger partial charge in [-0.05, 0) is 18.8 Å². The molecule has 4 nitrogen and oxygen atoms in total. The van der Waals surface area contributed by atoms with Crippen LogP contribution in [0, 0.1) is 5.92 Å². The van der Waals surface area contributed by atoms with E-state index in [9.17, 15) is 18.0 Å². The van der Waals surface area contributed by atoms with Crippen LogP contribution in [0.3, 0.4) is 0 Å². The molecule has 0 aromatic carbocycles. The van der Waals surface area contributed by atoms with Crippen molar-refractivity contribution in [3.8, 4) is 0 Å². The maximum Gasteiger partial charge on any atom is 0.406 e. The van der Waals surface area contributed by atoms with Gasteiger partial charge in [-0.3, -0.25) is 4.79 Å². The van der Waals surface area contributed by atoms with Gasteiger partial charge < -0.3 is 9.30 Å². The van der Waals surface area contributed by atoms with E-state index in [-0.39, 0.29) is 18.4 Å². The molecule has 1 aliphatic carbocycles. The molecular weight excluding hydrogens is 273 g/mol. The van der Waals surface area contributed by atoms with Crippen molar-refractivity contribution in [3.05, 3.63) is 18.2 Å². The van der Waals surface area contributed by atoms with Crippen molar-refractivity contribution in [2.75, 3.05) is 0 Å². The zero-order chi connectivity index (χ0) is 14.6. The molecular formula is C13H17F3N2O2. The van der Waals surface area contributed by atoms with Crippen LogP contribution >= 0.6 is 0 Å². The molecule has 0 aliphatic heterocycles. The van der Waals surface area contributed by atoms with Gasteiger partial charge in [-0.25, -0.2) is 4.98 Å². The minimum atomic E-state index is -4.32. The monoisotopic (exact) mass is 290 g/mol. The summed E-state index contributed by atoms with van der Waals surface area (Å²) in [5.74, 6) is 0.109. The Morgan fingerprint density at radius 3 is 2.75 bits per heavy atom. The first-order chi connectivity index (χ1) is 9.44. The van der Waals surface area contributed by atoms with E-state index in [1.807, 2.05) is 0 Å². The third kappa shape index (κ3) is 4.54. The second kappa shape index (κ2) is 6.28. The number of alkyl halides is 3. The number of hydrogen-bond donors (Lipinski definition) is 0. The van der Waals surface area contributed by atoms with Gasteiger partial charge in [0, 0.05) is 18.8 Å². The average Bonchev–Trinajstić information content (AvgIpc) is 2.96. The van der Waals surface area contributed by atoms with Crippen molar-refractivity contribution in [2.45, 2.75) is 51.4 Å². The molecule has 2 rings (SSSR count). The molecule has 0 bridgehead atoms. The second-order valence-electron chi connectivity index (χ2n) is 5.10. The highest BCUT2D eigenvalue weighted by atomic mass is 19.4. The molecule has 1 fully saturated rings. The van der Waals surface area contributed by atoms with Crippen molar-refractivity contribution < 1.29 is 22.7 Å². The van der Waals surface area contributed by atoms with E-state index < -0.39 is 12.7 Å². The summed E-state index contributed by atoms with van der Waals surface area (Å²) in [7, 11) is 0. The zero-order valence-corrected chi connectivity index (χ0v) is 11.0. The van der Waals surface area contributed by atoms with Gasteiger partial charge in [-0.2, -0.15) is 13.2 Å². The van der Waals surface area contributed by atoms with Crippen molar-refractivity contribution in [2.24, 2.45) is 5.92 Å². The van der Waals surface area contributed by atoms with Crippen LogP contribution in [0.15, 0.2) is 12.4 Å². The molecule has 0 unspecified atom stereocenters. The zero-order valence-electron chi connectivity index (χ0n) is 11.0. The Morgan fingerprint density at radius 1 is 1.40 bits per heavy atom. The third-order valence-electron chi connectivity index (χ3n) is 3.44. The number of imidazole rings is 1. The first kappa shape index (κ1) is 14.9. The number of halogens is 3. The highest BCUT2D eigenvalue weighted by Crippen LogP contribution is 2.27. The number of carbonyl (C=O) groups is 1. The Balaban J connectivity index is 1.81. The van der Waals surface area contributed by atoms with Gasteiger partial charge in [-0.15, -0.1) is 0 Å². The highest BCUT2D eigenvalue weighted by Gasteiger charge is 2.29. The fraction of sp³-hybridized carbons (Fsp3) is 0.692. The Hall–Kier alpha value is -1.53. The quantitative estimate of drug-likeness (QED) is 0.783. The lowest BCUT2D eigenvalue weighted by Crippen LogP contribution is -2.20. The first-order valence-electron chi connectivity index (χ1n) is 6.66. The number of rotatable bonds is 5. The molecule has 0 N–H and O–H groups in total. The van der Waals surface area contributed by atoms with Crippen LogP contribution in [0.2, 0.25) is 0 Å². The van der Waals surface area contributed by atoms with E-state index in [4.69, 9.17) is 4.74 Å². The van der Waals surface area contributed by atoms with Gasteiger partial charge in [0.1, 0.15) is 19.0 Å². The lowest BCUT2D eigenvalue weighted by atomic mass is 10.1. The standard InChI is InChI=1S/C13H17F3N2O2/c14-13(15,16)9-18-6-5-17-11(18)8-20-12(19)7-10-3-1-2-4-10/h5-6,10H,1-4,7-9H2. The second-order valence-corrected chi connectivity index (χ2v) is 5.10. The van der Waals surface area contributed by atoms with E-state index in [2.05, 4.69) is 4.98 Å². The number of ether oxygens (including phenoxy) is 1. The summed E-state index contributed by atoms with van der Waals surface area (Å²) in [6, 6.07) is 0. The number of hydrogen-bond acceptors (Lipinski definition) is 3. The molecule has 0 atom stereocenters. The van der Waals surface area contributed by atoms with Crippen LogP contribution in [0.4, 0.5) is 13.2 Å². The fourth-order valence-electron chi connectivity index (χ4n) is 2.47. The van der Waals surface area contributed by atoms with Gasteiger partial charge >= 0.3 is 12.1 Å². The molecule has 112 valence electrons. The molecule has 0 spiro atoms. The summed E-state index contributed by atoms with van der Waals surface area (Å²) in [4.78, 5) is 15.4. The van der Waals surface area contributed by atoms with Gasteiger partial charge in [0.05, 0.1) is 0 Å². The van der Waals surface area contributed by atoms with E-state index in [1.165, 1.54) is 12.4 Å². The van der Waals surface area contributed by atoms with Crippen LogP contribution < -0.4 is 0 Å². The van der Waals surface area contributed by atoms with Crippen molar-refractivity contribution in [1.29, 1.82) is 0 Å². The fourth-order valence-corrected chi connectivity index (χ4v) is 2.47. The SMILES string of the molecule is O=C(CC1CCCC1)OCc1nccn1CC(F)(F)F. The molecule has 1 heterocycles. The van der Waals surface area contributed by atoms with Crippen molar-refractivity contribution in [3.63, 3.8) is 0 Å². The predicted octanol–water partition coefficient (Wildman–Crippen LogP) is 3.07. The topological polar surface area (TPSA) is 44.1 Å². The summed E-state index contributed by atoms with van der Waals surface area (Å²) in [6.07, 6.45) is 2.85. The molecule has 1 aliphatic rings. The molecule has 1 aromatic heterocycles. The van der Waals surface area contributed by atoms with Gasteiger partial charge in [-0.1, -0.05) is 12.8 Å². The van der Waals surface area contributed by atoms with Crippen molar-refractivity contribution in [1.82, 2.24) is 9.55 Å². The summed E-state index contributed by atoms with van der Waals surface area (Å²) in [5, 5.41) is 0. The van der Waals surface area contributed by atoms with Gasteiger partial charge in [0.25, 0.3) is 0 Å². The minimum Gasteiger partial charge on any atom is -0.457 e. The van der Waals surface area contributed by atoms with Crippen LogP contribution in [0.25, 0.3) is 0 Å². The highest BCUT2D eigenvalue weighted by molar-refractivity contribution is 5.69. The van der Waals surface area contributed by atoms with Crippen LogP contribution in [0.5, 0.6) is 0 Å². The lowest BCUT2D eigenvalue weighted by molar-refractivity contribution is -0.147. The van der Waals surface area contributed by atoms with Crippen LogP contribution in [-0.2, 0) is 22.7 Å². The van der Waals surface area contributed by atoms with Crippen LogP contribution in [-0.4, -0.2) is 21.7 Å².